The first-order valence-electron chi connectivity index (χ1n) is 8.08. The predicted molar refractivity (Wildman–Crippen MR) is 102 cm³/mol. The van der Waals surface area contributed by atoms with E-state index in [0.29, 0.717) is 18.5 Å². The second kappa shape index (κ2) is 6.61. The molecule has 0 saturated carbocycles. The van der Waals surface area contributed by atoms with Gasteiger partial charge in [-0.2, -0.15) is 0 Å². The first kappa shape index (κ1) is 16.5. The number of aryl methyl sites for hydroxylation is 2. The molecule has 5 heteroatoms. The normalized spacial score (nSPS) is 11.6. The second-order valence-corrected chi connectivity index (χ2v) is 6.62. The quantitative estimate of drug-likeness (QED) is 0.726. The molecule has 2 heterocycles. The third-order valence-electron chi connectivity index (χ3n) is 4.19. The lowest BCUT2D eigenvalue weighted by atomic mass is 10.1. The van der Waals surface area contributed by atoms with Gasteiger partial charge in [0.25, 0.3) is 5.56 Å². The highest BCUT2D eigenvalue weighted by molar-refractivity contribution is 7.19. The summed E-state index contributed by atoms with van der Waals surface area (Å²) in [5.74, 6) is 0. The summed E-state index contributed by atoms with van der Waals surface area (Å²) in [6.07, 6.45) is 4.06. The zero-order valence-electron chi connectivity index (χ0n) is 14.1. The Kier molecular flexibility index (Phi) is 4.53. The Morgan fingerprint density at radius 1 is 1.00 bits per heavy atom. The molecule has 4 nitrogen and oxygen atoms in total. The molecule has 1 aromatic carbocycles. The molecule has 0 saturated heterocycles. The Morgan fingerprint density at radius 2 is 1.67 bits per heavy atom. The molecule has 0 aliphatic rings. The van der Waals surface area contributed by atoms with E-state index in [0.717, 1.165) is 20.8 Å². The fourth-order valence-corrected chi connectivity index (χ4v) is 4.12. The van der Waals surface area contributed by atoms with E-state index in [1.54, 1.807) is 4.57 Å². The van der Waals surface area contributed by atoms with Gasteiger partial charge in [0.2, 0.25) is 0 Å². The van der Waals surface area contributed by atoms with Gasteiger partial charge in [-0.25, -0.2) is 4.79 Å². The van der Waals surface area contributed by atoms with E-state index in [-0.39, 0.29) is 11.2 Å². The highest BCUT2D eigenvalue weighted by Gasteiger charge is 2.17. The Balaban J connectivity index is 2.24. The molecule has 0 unspecified atom stereocenters. The van der Waals surface area contributed by atoms with E-state index in [1.807, 2.05) is 63.3 Å². The molecule has 24 heavy (non-hydrogen) atoms. The van der Waals surface area contributed by atoms with Crippen LogP contribution >= 0.6 is 11.3 Å². The molecule has 0 aliphatic carbocycles. The van der Waals surface area contributed by atoms with Crippen LogP contribution in [0.4, 0.5) is 0 Å². The van der Waals surface area contributed by atoms with Crippen molar-refractivity contribution in [2.24, 2.45) is 0 Å². The number of fused-ring (bicyclic) bond motifs is 1. The first-order valence-corrected chi connectivity index (χ1v) is 8.90. The molecule has 3 rings (SSSR count). The fourth-order valence-electron chi connectivity index (χ4n) is 2.86. The van der Waals surface area contributed by atoms with E-state index in [1.165, 1.54) is 15.9 Å². The predicted octanol–water partition coefficient (Wildman–Crippen LogP) is 3.74. The number of hydrogen-bond donors (Lipinski definition) is 0. The van der Waals surface area contributed by atoms with Crippen molar-refractivity contribution in [3.63, 3.8) is 0 Å². The maximum atomic E-state index is 12.7. The largest absolute Gasteiger partial charge is 0.332 e. The lowest BCUT2D eigenvalue weighted by Crippen LogP contribution is -2.39. The summed E-state index contributed by atoms with van der Waals surface area (Å²) in [6, 6.07) is 10.0. The minimum absolute atomic E-state index is 0.185. The smallest absolute Gasteiger partial charge is 0.285 e. The summed E-state index contributed by atoms with van der Waals surface area (Å²) >= 11 is 1.50. The summed E-state index contributed by atoms with van der Waals surface area (Å²) in [5, 5.41) is 0.663. The summed E-state index contributed by atoms with van der Waals surface area (Å²) in [4.78, 5) is 27.0. The third-order valence-corrected chi connectivity index (χ3v) is 5.47. The van der Waals surface area contributed by atoms with Crippen LogP contribution in [-0.2, 0) is 13.1 Å². The zero-order valence-corrected chi connectivity index (χ0v) is 14.9. The van der Waals surface area contributed by atoms with E-state index in [9.17, 15) is 9.59 Å². The summed E-state index contributed by atoms with van der Waals surface area (Å²) in [6.45, 7) is 6.65. The van der Waals surface area contributed by atoms with Gasteiger partial charge in [-0.3, -0.25) is 13.9 Å². The van der Waals surface area contributed by atoms with Gasteiger partial charge in [-0.1, -0.05) is 36.4 Å². The van der Waals surface area contributed by atoms with Crippen molar-refractivity contribution in [2.45, 2.75) is 33.9 Å². The van der Waals surface area contributed by atoms with Crippen LogP contribution in [-0.4, -0.2) is 9.13 Å². The lowest BCUT2D eigenvalue weighted by molar-refractivity contribution is 0.611. The van der Waals surface area contributed by atoms with Gasteiger partial charge in [-0.15, -0.1) is 11.3 Å². The Morgan fingerprint density at radius 3 is 2.29 bits per heavy atom. The highest BCUT2D eigenvalue weighted by atomic mass is 32.1. The Bertz CT molecular complexity index is 1020. The number of hydrogen-bond acceptors (Lipinski definition) is 3. The number of benzene rings is 1. The Hall–Kier alpha value is -2.40. The van der Waals surface area contributed by atoms with E-state index in [4.69, 9.17) is 0 Å². The molecule has 0 N–H and O–H groups in total. The minimum atomic E-state index is -0.225. The summed E-state index contributed by atoms with van der Waals surface area (Å²) in [5.41, 5.74) is 1.64. The van der Waals surface area contributed by atoms with Gasteiger partial charge in [0.15, 0.2) is 0 Å². The Labute approximate surface area is 144 Å². The van der Waals surface area contributed by atoms with Gasteiger partial charge in [0.05, 0.1) is 5.39 Å². The highest BCUT2D eigenvalue weighted by Crippen LogP contribution is 2.29. The topological polar surface area (TPSA) is 44.0 Å². The molecule has 0 bridgehead atoms. The van der Waals surface area contributed by atoms with Crippen LogP contribution in [0.3, 0.4) is 0 Å². The standard InChI is InChI=1S/C19H20N2O2S/c1-4-20-17(22)16-13(3)15(12-11-14-9-7-6-8-10-14)24-18(16)21(5-2)19(20)23/h6-12H,4-5H2,1-3H3. The van der Waals surface area contributed by atoms with E-state index < -0.39 is 0 Å². The number of thiophene rings is 1. The molecule has 2 aromatic heterocycles. The fraction of sp³-hybridized carbons (Fsp3) is 0.263. The first-order chi connectivity index (χ1) is 11.6. The van der Waals surface area contributed by atoms with Crippen LogP contribution < -0.4 is 11.2 Å². The van der Waals surface area contributed by atoms with Crippen molar-refractivity contribution in [1.29, 1.82) is 0 Å². The number of aromatic nitrogens is 2. The van der Waals surface area contributed by atoms with Crippen LogP contribution in [0, 0.1) is 6.92 Å². The molecule has 0 radical (unpaired) electrons. The van der Waals surface area contributed by atoms with E-state index in [2.05, 4.69) is 0 Å². The number of nitrogens with zero attached hydrogens (tertiary/aromatic N) is 2. The monoisotopic (exact) mass is 340 g/mol. The SMILES string of the molecule is CCn1c(=O)c2c(C)c(C=Cc3ccccc3)sc2n(CC)c1=O. The molecule has 0 aliphatic heterocycles. The lowest BCUT2D eigenvalue weighted by Gasteiger charge is -2.08. The maximum absolute atomic E-state index is 12.7. The number of rotatable bonds is 4. The van der Waals surface area contributed by atoms with Gasteiger partial charge in [-0.05, 0) is 38.0 Å². The molecule has 0 spiro atoms. The molecule has 0 fully saturated rings. The molecular weight excluding hydrogens is 320 g/mol. The van der Waals surface area contributed by atoms with Crippen LogP contribution in [0.15, 0.2) is 39.9 Å². The summed E-state index contributed by atoms with van der Waals surface area (Å²) in [7, 11) is 0. The van der Waals surface area contributed by atoms with Crippen molar-refractivity contribution in [1.82, 2.24) is 9.13 Å². The van der Waals surface area contributed by atoms with Crippen molar-refractivity contribution in [2.75, 3.05) is 0 Å². The zero-order chi connectivity index (χ0) is 17.3. The van der Waals surface area contributed by atoms with Crippen LogP contribution in [0.2, 0.25) is 0 Å². The van der Waals surface area contributed by atoms with Gasteiger partial charge < -0.3 is 0 Å². The second-order valence-electron chi connectivity index (χ2n) is 5.59. The molecular formula is C19H20N2O2S. The van der Waals surface area contributed by atoms with Crippen molar-refractivity contribution in [3.05, 3.63) is 67.2 Å². The average Bonchev–Trinajstić information content (AvgIpc) is 2.91. The van der Waals surface area contributed by atoms with Crippen LogP contribution in [0.5, 0.6) is 0 Å². The average molecular weight is 340 g/mol. The van der Waals surface area contributed by atoms with Crippen molar-refractivity contribution in [3.8, 4) is 0 Å². The van der Waals surface area contributed by atoms with Crippen molar-refractivity contribution < 1.29 is 0 Å². The van der Waals surface area contributed by atoms with E-state index >= 15 is 0 Å². The van der Waals surface area contributed by atoms with Crippen LogP contribution in [0.25, 0.3) is 22.4 Å². The van der Waals surface area contributed by atoms with Crippen LogP contribution in [0.1, 0.15) is 29.9 Å². The maximum Gasteiger partial charge on any atom is 0.332 e. The van der Waals surface area contributed by atoms with Crippen molar-refractivity contribution >= 4 is 33.7 Å². The molecule has 0 atom stereocenters. The molecule has 3 aromatic rings. The summed E-state index contributed by atoms with van der Waals surface area (Å²) < 4.78 is 3.01. The third kappa shape index (κ3) is 2.65. The van der Waals surface area contributed by atoms with Gasteiger partial charge in [0, 0.05) is 18.0 Å². The van der Waals surface area contributed by atoms with Gasteiger partial charge >= 0.3 is 5.69 Å². The minimum Gasteiger partial charge on any atom is -0.285 e. The van der Waals surface area contributed by atoms with Gasteiger partial charge in [0.1, 0.15) is 4.83 Å². The molecule has 0 amide bonds. The molecule has 124 valence electrons.